The normalized spacial score (nSPS) is 11.4. The van der Waals surface area contributed by atoms with Crippen LogP contribution in [0.5, 0.6) is 0 Å². The number of rotatable bonds is 5. The lowest BCUT2D eigenvalue weighted by molar-refractivity contribution is -0.137. The molecule has 0 aliphatic heterocycles. The molecule has 1 heterocycles. The molecular formula is C20H15F3N2S2. The van der Waals surface area contributed by atoms with Crippen LogP contribution >= 0.6 is 23.1 Å². The molecule has 3 rings (SSSR count). The Hall–Kier alpha value is -2.30. The number of benzene rings is 2. The SMILES string of the molecule is Cc1nc(-c2ccc(C(F)(F)F)cc2)sc1CSc1ccc(CC#N)cc1. The van der Waals surface area contributed by atoms with Crippen LogP contribution in [0.25, 0.3) is 10.6 Å². The van der Waals surface area contributed by atoms with E-state index in [0.717, 1.165) is 43.9 Å². The van der Waals surface area contributed by atoms with Gasteiger partial charge >= 0.3 is 6.18 Å². The van der Waals surface area contributed by atoms with Crippen molar-refractivity contribution in [2.75, 3.05) is 0 Å². The largest absolute Gasteiger partial charge is 0.416 e. The van der Waals surface area contributed by atoms with Crippen LogP contribution < -0.4 is 0 Å². The van der Waals surface area contributed by atoms with Gasteiger partial charge in [0, 0.05) is 21.1 Å². The van der Waals surface area contributed by atoms with E-state index >= 15 is 0 Å². The summed E-state index contributed by atoms with van der Waals surface area (Å²) in [6.45, 7) is 1.91. The van der Waals surface area contributed by atoms with Crippen LogP contribution in [0.1, 0.15) is 21.7 Å². The molecule has 3 aromatic rings. The van der Waals surface area contributed by atoms with Crippen molar-refractivity contribution in [3.8, 4) is 16.6 Å². The average Bonchev–Trinajstić information content (AvgIpc) is 3.02. The lowest BCUT2D eigenvalue weighted by atomic mass is 10.1. The van der Waals surface area contributed by atoms with Crippen LogP contribution in [0.3, 0.4) is 0 Å². The van der Waals surface area contributed by atoms with Crippen LogP contribution in [-0.4, -0.2) is 4.98 Å². The maximum absolute atomic E-state index is 12.7. The first kappa shape index (κ1) is 19.5. The number of halogens is 3. The van der Waals surface area contributed by atoms with Crippen LogP contribution in [0.15, 0.2) is 53.4 Å². The first-order valence-electron chi connectivity index (χ1n) is 8.09. The van der Waals surface area contributed by atoms with Gasteiger partial charge in [0.2, 0.25) is 0 Å². The second kappa shape index (κ2) is 8.15. The standard InChI is InChI=1S/C20H15F3N2S2/c1-13-18(12-26-17-8-2-14(3-9-17)10-11-24)27-19(25-13)15-4-6-16(7-5-15)20(21,22)23/h2-9H,10,12H2,1H3. The van der Waals surface area contributed by atoms with Gasteiger partial charge in [-0.3, -0.25) is 0 Å². The van der Waals surface area contributed by atoms with Gasteiger partial charge in [0.15, 0.2) is 0 Å². The number of hydrogen-bond donors (Lipinski definition) is 0. The summed E-state index contributed by atoms with van der Waals surface area (Å²) in [5.41, 5.74) is 1.91. The van der Waals surface area contributed by atoms with Gasteiger partial charge in [-0.1, -0.05) is 24.3 Å². The molecule has 0 amide bonds. The highest BCUT2D eigenvalue weighted by Gasteiger charge is 2.30. The molecular weight excluding hydrogens is 389 g/mol. The second-order valence-corrected chi connectivity index (χ2v) is 8.00. The van der Waals surface area contributed by atoms with Crippen molar-refractivity contribution in [3.05, 3.63) is 70.2 Å². The second-order valence-electron chi connectivity index (χ2n) is 5.87. The molecule has 138 valence electrons. The van der Waals surface area contributed by atoms with Gasteiger partial charge in [-0.15, -0.1) is 23.1 Å². The third kappa shape index (κ3) is 4.90. The van der Waals surface area contributed by atoms with E-state index in [-0.39, 0.29) is 0 Å². The molecule has 0 bridgehead atoms. The van der Waals surface area contributed by atoms with E-state index in [1.54, 1.807) is 11.8 Å². The number of thiazole rings is 1. The van der Waals surface area contributed by atoms with E-state index < -0.39 is 11.7 Å². The fourth-order valence-corrected chi connectivity index (χ4v) is 4.54. The lowest BCUT2D eigenvalue weighted by Crippen LogP contribution is -2.03. The zero-order valence-electron chi connectivity index (χ0n) is 14.4. The molecule has 0 saturated heterocycles. The molecule has 27 heavy (non-hydrogen) atoms. The Morgan fingerprint density at radius 1 is 1.07 bits per heavy atom. The summed E-state index contributed by atoms with van der Waals surface area (Å²) in [5, 5.41) is 9.43. The summed E-state index contributed by atoms with van der Waals surface area (Å²) in [7, 11) is 0. The molecule has 1 aromatic heterocycles. The fraction of sp³-hybridized carbons (Fsp3) is 0.200. The maximum Gasteiger partial charge on any atom is 0.416 e. The van der Waals surface area contributed by atoms with Crippen molar-refractivity contribution in [2.24, 2.45) is 0 Å². The number of aromatic nitrogens is 1. The monoisotopic (exact) mass is 404 g/mol. The minimum absolute atomic E-state index is 0.398. The van der Waals surface area contributed by atoms with E-state index in [0.29, 0.717) is 12.0 Å². The highest BCUT2D eigenvalue weighted by atomic mass is 32.2. The summed E-state index contributed by atoms with van der Waals surface area (Å²) in [5.74, 6) is 0.738. The number of nitriles is 1. The number of alkyl halides is 3. The summed E-state index contributed by atoms with van der Waals surface area (Å²) < 4.78 is 38.1. The fourth-order valence-electron chi connectivity index (χ4n) is 2.43. The van der Waals surface area contributed by atoms with Gasteiger partial charge in [0.25, 0.3) is 0 Å². The van der Waals surface area contributed by atoms with Crippen molar-refractivity contribution in [1.82, 2.24) is 4.98 Å². The zero-order chi connectivity index (χ0) is 19.4. The summed E-state index contributed by atoms with van der Waals surface area (Å²) in [6, 6.07) is 15.1. The van der Waals surface area contributed by atoms with Crippen LogP contribution in [0.2, 0.25) is 0 Å². The van der Waals surface area contributed by atoms with Gasteiger partial charge in [0.05, 0.1) is 23.7 Å². The Morgan fingerprint density at radius 3 is 2.33 bits per heavy atom. The van der Waals surface area contributed by atoms with E-state index in [1.165, 1.54) is 23.5 Å². The van der Waals surface area contributed by atoms with Crippen LogP contribution in [0, 0.1) is 18.3 Å². The highest BCUT2D eigenvalue weighted by Crippen LogP contribution is 2.35. The van der Waals surface area contributed by atoms with E-state index in [1.807, 2.05) is 31.2 Å². The first-order valence-corrected chi connectivity index (χ1v) is 9.89. The predicted molar refractivity (Wildman–Crippen MR) is 103 cm³/mol. The van der Waals surface area contributed by atoms with Gasteiger partial charge in [-0.25, -0.2) is 4.98 Å². The van der Waals surface area contributed by atoms with Crippen molar-refractivity contribution < 1.29 is 13.2 Å². The molecule has 0 spiro atoms. The summed E-state index contributed by atoms with van der Waals surface area (Å²) >= 11 is 3.17. The highest BCUT2D eigenvalue weighted by molar-refractivity contribution is 7.98. The smallest absolute Gasteiger partial charge is 0.241 e. The predicted octanol–water partition coefficient (Wildman–Crippen LogP) is 6.50. The van der Waals surface area contributed by atoms with Gasteiger partial charge < -0.3 is 0 Å². The third-order valence-electron chi connectivity index (χ3n) is 3.93. The Balaban J connectivity index is 1.70. The summed E-state index contributed by atoms with van der Waals surface area (Å²) in [6.07, 6.45) is -3.93. The molecule has 0 radical (unpaired) electrons. The van der Waals surface area contributed by atoms with E-state index in [2.05, 4.69) is 11.1 Å². The maximum atomic E-state index is 12.7. The third-order valence-corrected chi connectivity index (χ3v) is 6.36. The van der Waals surface area contributed by atoms with Crippen LogP contribution in [-0.2, 0) is 18.3 Å². The minimum atomic E-state index is -4.33. The zero-order valence-corrected chi connectivity index (χ0v) is 16.0. The van der Waals surface area contributed by atoms with Gasteiger partial charge in [0.1, 0.15) is 5.01 Å². The number of nitrogens with zero attached hydrogens (tertiary/aromatic N) is 2. The van der Waals surface area contributed by atoms with Crippen molar-refractivity contribution in [3.63, 3.8) is 0 Å². The quantitative estimate of drug-likeness (QED) is 0.456. The first-order chi connectivity index (χ1) is 12.9. The topological polar surface area (TPSA) is 36.7 Å². The Bertz CT molecular complexity index is 953. The lowest BCUT2D eigenvalue weighted by Gasteiger charge is -2.06. The Kier molecular flexibility index (Phi) is 5.88. The Labute approximate surface area is 163 Å². The van der Waals surface area contributed by atoms with Gasteiger partial charge in [-0.05, 0) is 36.8 Å². The van der Waals surface area contributed by atoms with Crippen molar-refractivity contribution in [2.45, 2.75) is 30.2 Å². The molecule has 0 saturated carbocycles. The molecule has 2 nitrogen and oxygen atoms in total. The molecule has 0 N–H and O–H groups in total. The van der Waals surface area contributed by atoms with Crippen molar-refractivity contribution in [1.29, 1.82) is 5.26 Å². The molecule has 0 atom stereocenters. The average molecular weight is 404 g/mol. The molecule has 0 fully saturated rings. The number of thioether (sulfide) groups is 1. The van der Waals surface area contributed by atoms with Crippen LogP contribution in [0.4, 0.5) is 13.2 Å². The molecule has 2 aromatic carbocycles. The summed E-state index contributed by atoms with van der Waals surface area (Å²) in [4.78, 5) is 6.70. The minimum Gasteiger partial charge on any atom is -0.241 e. The molecule has 0 aliphatic rings. The Morgan fingerprint density at radius 2 is 1.74 bits per heavy atom. The van der Waals surface area contributed by atoms with Crippen molar-refractivity contribution >= 4 is 23.1 Å². The molecule has 7 heteroatoms. The van der Waals surface area contributed by atoms with Gasteiger partial charge in [-0.2, -0.15) is 18.4 Å². The molecule has 0 unspecified atom stereocenters. The molecule has 0 aliphatic carbocycles. The number of hydrogen-bond acceptors (Lipinski definition) is 4. The number of aryl methyl sites for hydroxylation is 1. The van der Waals surface area contributed by atoms with E-state index in [9.17, 15) is 13.2 Å². The van der Waals surface area contributed by atoms with E-state index in [4.69, 9.17) is 5.26 Å².